The van der Waals surface area contributed by atoms with Crippen molar-refractivity contribution in [3.8, 4) is 0 Å². The van der Waals surface area contributed by atoms with Crippen molar-refractivity contribution in [2.75, 3.05) is 0 Å². The Labute approximate surface area is 203 Å². The van der Waals surface area contributed by atoms with Crippen LogP contribution in [0.15, 0.2) is 0 Å². The van der Waals surface area contributed by atoms with Crippen molar-refractivity contribution < 1.29 is 33.8 Å². The van der Waals surface area contributed by atoms with Crippen LogP contribution in [-0.4, -0.2) is 55.5 Å². The smallest absolute Gasteiger partial charge is 0.0616 e. The molecule has 186 valence electrons. The average molecular weight is 459 g/mol. The van der Waals surface area contributed by atoms with Gasteiger partial charge in [0, 0.05) is 14.6 Å². The zero-order valence-electron chi connectivity index (χ0n) is 25.9. The minimum Gasteiger partial charge on any atom is -0.393 e. The monoisotopic (exact) mass is 458 g/mol. The van der Waals surface area contributed by atoms with Crippen molar-refractivity contribution in [1.29, 1.82) is 0 Å². The number of rotatable bonds is 5. The highest BCUT2D eigenvalue weighted by molar-refractivity contribution is 5.14. The highest BCUT2D eigenvalue weighted by atomic mass is 16.3. The molecule has 5 nitrogen and oxygen atoms in total. The predicted molar refractivity (Wildman–Crippen MR) is 125 cm³/mol. The van der Waals surface area contributed by atoms with Gasteiger partial charge in [0.05, 0.1) is 30.0 Å². The van der Waals surface area contributed by atoms with Gasteiger partial charge in [-0.3, -0.25) is 0 Å². The molecule has 0 bridgehead atoms. The van der Waals surface area contributed by atoms with E-state index in [1.165, 1.54) is 0 Å². The highest BCUT2D eigenvalue weighted by Gasteiger charge is 2.65. The van der Waals surface area contributed by atoms with Crippen LogP contribution in [0, 0.1) is 46.3 Å². The van der Waals surface area contributed by atoms with Crippen molar-refractivity contribution in [2.45, 2.75) is 122 Å². The Kier molecular flexibility index (Phi) is 4.80. The maximum absolute atomic E-state index is 11.7. The summed E-state index contributed by atoms with van der Waals surface area (Å²) in [6.07, 6.45) is 1.81. The Morgan fingerprint density at radius 2 is 1.75 bits per heavy atom. The molecule has 4 saturated carbocycles. The third-order valence-corrected chi connectivity index (χ3v) is 10.7. The van der Waals surface area contributed by atoms with E-state index in [0.717, 1.165) is 25.7 Å². The van der Waals surface area contributed by atoms with Gasteiger partial charge in [0.2, 0.25) is 0 Å². The summed E-state index contributed by atoms with van der Waals surface area (Å²) >= 11 is 0. The first kappa shape index (κ1) is 18.1. The zero-order valence-corrected chi connectivity index (χ0v) is 19.9. The first-order valence-electron chi connectivity index (χ1n) is 15.7. The molecule has 4 rings (SSSR count). The van der Waals surface area contributed by atoms with E-state index in [4.69, 9.17) is 8.22 Å². The lowest BCUT2D eigenvalue weighted by atomic mass is 9.43. The van der Waals surface area contributed by atoms with E-state index in [0.29, 0.717) is 19.3 Å². The van der Waals surface area contributed by atoms with Crippen LogP contribution in [0.4, 0.5) is 0 Å². The molecular formula is C27H48O5. The molecule has 0 amide bonds. The van der Waals surface area contributed by atoms with Crippen molar-refractivity contribution in [3.05, 3.63) is 0 Å². The van der Waals surface area contributed by atoms with Gasteiger partial charge < -0.3 is 25.5 Å². The minimum absolute atomic E-state index is 0.00220. The molecule has 4 fully saturated rings. The third-order valence-electron chi connectivity index (χ3n) is 10.7. The zero-order chi connectivity index (χ0) is 28.6. The van der Waals surface area contributed by atoms with Gasteiger partial charge in [0.15, 0.2) is 0 Å². The Balaban J connectivity index is 1.53. The van der Waals surface area contributed by atoms with Gasteiger partial charge >= 0.3 is 0 Å². The van der Waals surface area contributed by atoms with Crippen molar-refractivity contribution in [3.63, 3.8) is 0 Å². The SMILES string of the molecule is [2H]C([2H])([2H])C(O)(C[C@H](O)C[C@@H](C)[C@H]1CC[C@H]2[C@@H]3[C@H](O)C[C@@H]4C[C@H](O)CC[C@]4(C)[C@H]3C[C@H](O)[C@]12C)C([2H])([2H])[2H]. The molecule has 5 N–H and O–H groups in total. The van der Waals surface area contributed by atoms with Crippen LogP contribution in [0.2, 0.25) is 0 Å². The van der Waals surface area contributed by atoms with Crippen LogP contribution in [0.25, 0.3) is 0 Å². The van der Waals surface area contributed by atoms with E-state index in [1.54, 1.807) is 0 Å². The molecule has 4 aliphatic rings. The number of hydrogen-bond donors (Lipinski definition) is 5. The quantitative estimate of drug-likeness (QED) is 0.434. The summed E-state index contributed by atoms with van der Waals surface area (Å²) in [7, 11) is 0. The molecule has 0 aromatic rings. The van der Waals surface area contributed by atoms with Gasteiger partial charge in [0.1, 0.15) is 0 Å². The summed E-state index contributed by atoms with van der Waals surface area (Å²) < 4.78 is 45.6. The second-order valence-electron chi connectivity index (χ2n) is 12.5. The largest absolute Gasteiger partial charge is 0.393 e. The van der Waals surface area contributed by atoms with Crippen LogP contribution >= 0.6 is 0 Å². The van der Waals surface area contributed by atoms with E-state index in [2.05, 4.69) is 13.8 Å². The highest BCUT2D eigenvalue weighted by Crippen LogP contribution is 2.68. The van der Waals surface area contributed by atoms with E-state index < -0.39 is 49.5 Å². The molecule has 0 saturated heterocycles. The Hall–Kier alpha value is -0.200. The molecule has 0 radical (unpaired) electrons. The molecule has 5 heteroatoms. The summed E-state index contributed by atoms with van der Waals surface area (Å²) in [5.74, 6) is 0.404. The van der Waals surface area contributed by atoms with Crippen LogP contribution in [-0.2, 0) is 0 Å². The second kappa shape index (κ2) is 8.48. The van der Waals surface area contributed by atoms with E-state index in [1.807, 2.05) is 6.92 Å². The summed E-state index contributed by atoms with van der Waals surface area (Å²) in [6.45, 7) is -0.0400. The molecule has 12 atom stereocenters. The van der Waals surface area contributed by atoms with Crippen molar-refractivity contribution in [1.82, 2.24) is 0 Å². The summed E-state index contributed by atoms with van der Waals surface area (Å²) in [5, 5.41) is 54.8. The van der Waals surface area contributed by atoms with Crippen LogP contribution in [0.3, 0.4) is 0 Å². The van der Waals surface area contributed by atoms with Crippen LogP contribution in [0.1, 0.15) is 100 Å². The molecule has 32 heavy (non-hydrogen) atoms. The molecule has 0 spiro atoms. The number of hydrogen-bond acceptors (Lipinski definition) is 5. The molecule has 0 aromatic carbocycles. The Bertz CT molecular complexity index is 852. The lowest BCUT2D eigenvalue weighted by molar-refractivity contribution is -0.207. The number of aliphatic hydroxyl groups excluding tert-OH is 4. The van der Waals surface area contributed by atoms with E-state index in [-0.39, 0.29) is 53.4 Å². The van der Waals surface area contributed by atoms with Crippen LogP contribution in [0.5, 0.6) is 0 Å². The normalized spacial score (nSPS) is 54.4. The molecule has 0 aromatic heterocycles. The molecular weight excluding hydrogens is 404 g/mol. The molecule has 4 aliphatic carbocycles. The summed E-state index contributed by atoms with van der Waals surface area (Å²) in [5.41, 5.74) is -3.53. The first-order valence-corrected chi connectivity index (χ1v) is 12.7. The molecule has 0 aliphatic heterocycles. The standard InChI is InChI=1S/C27H48O5/c1-15(10-18(29)14-25(2,3)32)19-6-7-20-24-21(13-23(31)27(19,20)5)26(4)9-8-17(28)11-16(26)12-22(24)30/h15-24,28-32H,6-14H2,1-5H3/t15-,16+,17-,18-,19-,20+,21+,22-,23+,24+,26+,27-/m1/s1/i2D3,3D3. The average Bonchev–Trinajstić information content (AvgIpc) is 3.12. The second-order valence-corrected chi connectivity index (χ2v) is 12.5. The Morgan fingerprint density at radius 3 is 2.44 bits per heavy atom. The summed E-state index contributed by atoms with van der Waals surface area (Å²) in [6, 6.07) is 0. The van der Waals surface area contributed by atoms with Gasteiger partial charge in [-0.15, -0.1) is 0 Å². The first-order chi connectivity index (χ1) is 17.3. The van der Waals surface area contributed by atoms with E-state index >= 15 is 0 Å². The van der Waals surface area contributed by atoms with Crippen molar-refractivity contribution in [2.24, 2.45) is 46.3 Å². The van der Waals surface area contributed by atoms with Gasteiger partial charge in [-0.05, 0) is 111 Å². The molecule has 0 unspecified atom stereocenters. The van der Waals surface area contributed by atoms with E-state index in [9.17, 15) is 25.5 Å². The Morgan fingerprint density at radius 1 is 1.03 bits per heavy atom. The third kappa shape index (κ3) is 4.08. The maximum Gasteiger partial charge on any atom is 0.0616 e. The topological polar surface area (TPSA) is 101 Å². The van der Waals surface area contributed by atoms with Crippen molar-refractivity contribution >= 4 is 0 Å². The minimum atomic E-state index is -3.18. The fourth-order valence-electron chi connectivity index (χ4n) is 9.15. The molecule has 0 heterocycles. The summed E-state index contributed by atoms with van der Waals surface area (Å²) in [4.78, 5) is 0. The predicted octanol–water partition coefficient (Wildman–Crippen LogP) is 3.50. The maximum atomic E-state index is 11.7. The van der Waals surface area contributed by atoms with Gasteiger partial charge in [-0.2, -0.15) is 0 Å². The number of fused-ring (bicyclic) bond motifs is 5. The fourth-order valence-corrected chi connectivity index (χ4v) is 9.15. The van der Waals surface area contributed by atoms with Gasteiger partial charge in [-0.25, -0.2) is 0 Å². The lowest BCUT2D eigenvalue weighted by Crippen LogP contribution is -2.62. The van der Waals surface area contributed by atoms with Gasteiger partial charge in [-0.1, -0.05) is 20.8 Å². The lowest BCUT2D eigenvalue weighted by Gasteiger charge is -2.63. The fraction of sp³-hybridized carbons (Fsp3) is 1.00. The van der Waals surface area contributed by atoms with Crippen LogP contribution < -0.4 is 0 Å². The number of aliphatic hydroxyl groups is 5. The van der Waals surface area contributed by atoms with Gasteiger partial charge in [0.25, 0.3) is 0 Å².